The lowest BCUT2D eigenvalue weighted by atomic mass is 10.3. The molecule has 0 radical (unpaired) electrons. The average Bonchev–Trinajstić information content (AvgIpc) is 3.19. The molecule has 7 nitrogen and oxygen atoms in total. The third-order valence-corrected chi connectivity index (χ3v) is 6.04. The Morgan fingerprint density at radius 2 is 2.08 bits per heavy atom. The number of aryl methyl sites for hydroxylation is 1. The Hall–Kier alpha value is -2.65. The highest BCUT2D eigenvalue weighted by Crippen LogP contribution is 2.34. The molecule has 3 heterocycles. The van der Waals surface area contributed by atoms with Gasteiger partial charge in [-0.2, -0.15) is 0 Å². The summed E-state index contributed by atoms with van der Waals surface area (Å²) in [7, 11) is 1.60. The minimum absolute atomic E-state index is 0.367. The molecule has 0 saturated heterocycles. The van der Waals surface area contributed by atoms with Gasteiger partial charge in [0.05, 0.1) is 10.2 Å². The van der Waals surface area contributed by atoms with Gasteiger partial charge in [0, 0.05) is 13.6 Å². The SMILES string of the molecule is C/C=C/Cn1c(Sc2nc3ccccc3s2)nc2c1c(=O)[nH]c(=O)n2C. The molecule has 132 valence electrons. The predicted octanol–water partition coefficient (Wildman–Crippen LogP) is 2.76. The lowest BCUT2D eigenvalue weighted by Gasteiger charge is -2.04. The molecule has 0 aliphatic heterocycles. The van der Waals surface area contributed by atoms with Gasteiger partial charge in [-0.3, -0.25) is 14.3 Å². The number of H-pyrrole nitrogens is 1. The number of aromatic nitrogens is 5. The molecule has 0 unspecified atom stereocenters. The van der Waals surface area contributed by atoms with E-state index in [-0.39, 0.29) is 0 Å². The molecular formula is C17H15N5O2S2. The molecule has 4 rings (SSSR count). The van der Waals surface area contributed by atoms with Crippen LogP contribution in [0.2, 0.25) is 0 Å². The summed E-state index contributed by atoms with van der Waals surface area (Å²) in [4.78, 5) is 35.8. The number of fused-ring (bicyclic) bond motifs is 2. The van der Waals surface area contributed by atoms with Gasteiger partial charge in [-0.25, -0.2) is 14.8 Å². The first kappa shape index (κ1) is 16.8. The zero-order valence-electron chi connectivity index (χ0n) is 14.1. The van der Waals surface area contributed by atoms with Crippen LogP contribution in [0.25, 0.3) is 21.4 Å². The molecule has 1 aromatic carbocycles. The van der Waals surface area contributed by atoms with Gasteiger partial charge >= 0.3 is 5.69 Å². The number of hydrogen-bond acceptors (Lipinski definition) is 6. The van der Waals surface area contributed by atoms with Crippen LogP contribution in [0.4, 0.5) is 0 Å². The van der Waals surface area contributed by atoms with Crippen molar-refractivity contribution >= 4 is 44.5 Å². The summed E-state index contributed by atoms with van der Waals surface area (Å²) < 4.78 is 5.09. The van der Waals surface area contributed by atoms with Crippen molar-refractivity contribution in [3.8, 4) is 0 Å². The van der Waals surface area contributed by atoms with Gasteiger partial charge < -0.3 is 4.57 Å². The predicted molar refractivity (Wildman–Crippen MR) is 104 cm³/mol. The molecule has 0 spiro atoms. The number of benzene rings is 1. The summed E-state index contributed by atoms with van der Waals surface area (Å²) >= 11 is 2.97. The van der Waals surface area contributed by atoms with Gasteiger partial charge in [0.1, 0.15) is 0 Å². The van der Waals surface area contributed by atoms with E-state index in [0.717, 1.165) is 14.6 Å². The summed E-state index contributed by atoms with van der Waals surface area (Å²) in [5.41, 5.74) is 0.771. The van der Waals surface area contributed by atoms with Crippen LogP contribution in [0, 0.1) is 0 Å². The summed E-state index contributed by atoms with van der Waals surface area (Å²) in [6, 6.07) is 7.92. The second-order valence-electron chi connectivity index (χ2n) is 5.61. The molecule has 26 heavy (non-hydrogen) atoms. The van der Waals surface area contributed by atoms with Gasteiger partial charge in [-0.15, -0.1) is 11.3 Å². The molecule has 0 atom stereocenters. The van der Waals surface area contributed by atoms with Gasteiger partial charge in [0.15, 0.2) is 20.7 Å². The standard InChI is InChI=1S/C17H15N5O2S2/c1-3-4-9-22-12-13(21(2)15(24)20-14(12)23)19-16(22)26-17-18-10-7-5-6-8-11(10)25-17/h3-8H,9H2,1-2H3,(H,20,23,24)/b4-3+. The van der Waals surface area contributed by atoms with Gasteiger partial charge in [-0.05, 0) is 30.8 Å². The van der Waals surface area contributed by atoms with Crippen molar-refractivity contribution in [3.63, 3.8) is 0 Å². The summed E-state index contributed by atoms with van der Waals surface area (Å²) in [6.45, 7) is 2.40. The molecular weight excluding hydrogens is 370 g/mol. The van der Waals surface area contributed by atoms with E-state index in [4.69, 9.17) is 0 Å². The number of allylic oxidation sites excluding steroid dienone is 2. The molecule has 0 aliphatic rings. The Bertz CT molecular complexity index is 1230. The van der Waals surface area contributed by atoms with Crippen molar-refractivity contribution in [2.24, 2.45) is 7.05 Å². The van der Waals surface area contributed by atoms with E-state index in [1.807, 2.05) is 47.9 Å². The number of imidazole rings is 1. The Labute approximate surface area is 156 Å². The van der Waals surface area contributed by atoms with Crippen molar-refractivity contribution in [3.05, 3.63) is 57.3 Å². The molecule has 0 saturated carbocycles. The minimum atomic E-state index is -0.477. The Morgan fingerprint density at radius 1 is 1.27 bits per heavy atom. The van der Waals surface area contributed by atoms with Crippen molar-refractivity contribution < 1.29 is 0 Å². The Kier molecular flexibility index (Phi) is 4.25. The first-order valence-corrected chi connectivity index (χ1v) is 9.56. The van der Waals surface area contributed by atoms with E-state index >= 15 is 0 Å². The van der Waals surface area contributed by atoms with Crippen molar-refractivity contribution in [1.29, 1.82) is 0 Å². The van der Waals surface area contributed by atoms with Crippen molar-refractivity contribution in [1.82, 2.24) is 24.1 Å². The molecule has 0 fully saturated rings. The maximum Gasteiger partial charge on any atom is 0.329 e. The zero-order chi connectivity index (χ0) is 18.3. The number of nitrogens with zero attached hydrogens (tertiary/aromatic N) is 4. The third-order valence-electron chi connectivity index (χ3n) is 3.95. The second-order valence-corrected chi connectivity index (χ2v) is 7.86. The van der Waals surface area contributed by atoms with Gasteiger partial charge in [0.2, 0.25) is 0 Å². The van der Waals surface area contributed by atoms with Crippen LogP contribution in [0.5, 0.6) is 0 Å². The van der Waals surface area contributed by atoms with Gasteiger partial charge in [0.25, 0.3) is 5.56 Å². The van der Waals surface area contributed by atoms with Gasteiger partial charge in [-0.1, -0.05) is 24.3 Å². The quantitative estimate of drug-likeness (QED) is 0.546. The third kappa shape index (κ3) is 2.78. The number of nitrogens with one attached hydrogen (secondary N) is 1. The van der Waals surface area contributed by atoms with Crippen molar-refractivity contribution in [2.45, 2.75) is 23.0 Å². The van der Waals surface area contributed by atoms with Crippen LogP contribution in [0.1, 0.15) is 6.92 Å². The first-order chi connectivity index (χ1) is 12.6. The smallest absolute Gasteiger partial charge is 0.309 e. The van der Waals surface area contributed by atoms with E-state index in [2.05, 4.69) is 15.0 Å². The summed E-state index contributed by atoms with van der Waals surface area (Å²) in [6.07, 6.45) is 3.85. The number of para-hydroxylation sites is 1. The molecule has 9 heteroatoms. The van der Waals surface area contributed by atoms with Crippen LogP contribution in [0.3, 0.4) is 0 Å². The van der Waals surface area contributed by atoms with Crippen LogP contribution in [-0.4, -0.2) is 24.1 Å². The normalized spacial score (nSPS) is 11.9. The molecule has 1 N–H and O–H groups in total. The fraction of sp³-hybridized carbons (Fsp3) is 0.176. The highest BCUT2D eigenvalue weighted by Gasteiger charge is 2.18. The maximum atomic E-state index is 12.4. The zero-order valence-corrected chi connectivity index (χ0v) is 15.7. The minimum Gasteiger partial charge on any atom is -0.309 e. The summed E-state index contributed by atoms with van der Waals surface area (Å²) in [5.74, 6) is 0. The summed E-state index contributed by atoms with van der Waals surface area (Å²) in [5, 5.41) is 0.629. The van der Waals surface area contributed by atoms with E-state index in [1.54, 1.807) is 18.4 Å². The largest absolute Gasteiger partial charge is 0.329 e. The maximum absolute atomic E-state index is 12.4. The molecule has 0 bridgehead atoms. The van der Waals surface area contributed by atoms with E-state index in [9.17, 15) is 9.59 Å². The van der Waals surface area contributed by atoms with E-state index < -0.39 is 11.2 Å². The lowest BCUT2D eigenvalue weighted by Crippen LogP contribution is -2.29. The highest BCUT2D eigenvalue weighted by atomic mass is 32.2. The van der Waals surface area contributed by atoms with Crippen molar-refractivity contribution in [2.75, 3.05) is 0 Å². The van der Waals surface area contributed by atoms with Crippen LogP contribution in [0.15, 0.2) is 55.5 Å². The molecule has 0 amide bonds. The molecule has 4 aromatic rings. The molecule has 0 aliphatic carbocycles. The van der Waals surface area contributed by atoms with E-state index in [0.29, 0.717) is 22.9 Å². The fourth-order valence-corrected chi connectivity index (χ4v) is 4.71. The Balaban J connectivity index is 1.90. The monoisotopic (exact) mass is 385 g/mol. The highest BCUT2D eigenvalue weighted by molar-refractivity contribution is 8.01. The number of thiazole rings is 1. The number of aromatic amines is 1. The average molecular weight is 385 g/mol. The lowest BCUT2D eigenvalue weighted by molar-refractivity contribution is 0.743. The van der Waals surface area contributed by atoms with E-state index in [1.165, 1.54) is 16.3 Å². The Morgan fingerprint density at radius 3 is 2.85 bits per heavy atom. The van der Waals surface area contributed by atoms with Crippen LogP contribution < -0.4 is 11.2 Å². The van der Waals surface area contributed by atoms with Crippen LogP contribution >= 0.6 is 23.1 Å². The number of hydrogen-bond donors (Lipinski definition) is 1. The van der Waals surface area contributed by atoms with Crippen LogP contribution in [-0.2, 0) is 13.6 Å². The molecule has 3 aromatic heterocycles. The second kappa shape index (κ2) is 6.58. The first-order valence-electron chi connectivity index (χ1n) is 7.92. The topological polar surface area (TPSA) is 85.6 Å². The fourth-order valence-electron chi connectivity index (χ4n) is 2.65. The number of rotatable bonds is 4.